The van der Waals surface area contributed by atoms with Gasteiger partial charge in [0, 0.05) is 19.3 Å². The number of piperidine rings is 1. The number of aryl methyl sites for hydroxylation is 1. The Labute approximate surface area is 154 Å². The molecule has 1 amide bonds. The molecule has 4 nitrogen and oxygen atoms in total. The number of alkyl halides is 3. The van der Waals surface area contributed by atoms with E-state index in [4.69, 9.17) is 11.6 Å². The molecule has 26 heavy (non-hydrogen) atoms. The molecule has 1 fully saturated rings. The Hall–Kier alpha value is -1.76. The number of hydrogen-bond acceptors (Lipinski definition) is 2. The zero-order valence-electron chi connectivity index (χ0n) is 14.9. The van der Waals surface area contributed by atoms with E-state index in [-0.39, 0.29) is 22.3 Å². The number of imidazole rings is 1. The summed E-state index contributed by atoms with van der Waals surface area (Å²) in [4.78, 5) is 19.2. The molecule has 0 radical (unpaired) electrons. The van der Waals surface area contributed by atoms with Crippen LogP contribution in [0.2, 0.25) is 5.02 Å². The molecular formula is C18H21ClF3N3O. The Morgan fingerprint density at radius 2 is 1.92 bits per heavy atom. The fourth-order valence-corrected chi connectivity index (χ4v) is 4.01. The van der Waals surface area contributed by atoms with Gasteiger partial charge in [-0.25, -0.2) is 4.98 Å². The number of carbonyl (C=O) groups is 1. The second-order valence-corrected chi connectivity index (χ2v) is 7.59. The van der Waals surface area contributed by atoms with Crippen molar-refractivity contribution in [3.8, 4) is 0 Å². The van der Waals surface area contributed by atoms with Gasteiger partial charge in [-0.05, 0) is 30.7 Å². The molecule has 0 aliphatic carbocycles. The van der Waals surface area contributed by atoms with Crippen LogP contribution in [0.15, 0.2) is 12.3 Å². The van der Waals surface area contributed by atoms with E-state index in [2.05, 4.69) is 18.8 Å². The van der Waals surface area contributed by atoms with Crippen LogP contribution < -0.4 is 0 Å². The molecule has 3 heterocycles. The lowest BCUT2D eigenvalue weighted by atomic mass is 9.91. The maximum Gasteiger partial charge on any atom is 0.417 e. The average Bonchev–Trinajstić information content (AvgIpc) is 2.91. The molecule has 0 N–H and O–H groups in total. The first-order valence-electron chi connectivity index (χ1n) is 8.68. The van der Waals surface area contributed by atoms with Crippen molar-refractivity contribution >= 4 is 23.2 Å². The van der Waals surface area contributed by atoms with E-state index in [1.807, 2.05) is 6.92 Å². The number of pyridine rings is 1. The van der Waals surface area contributed by atoms with E-state index < -0.39 is 11.7 Å². The summed E-state index contributed by atoms with van der Waals surface area (Å²) in [7, 11) is 0. The van der Waals surface area contributed by atoms with Crippen molar-refractivity contribution in [2.45, 2.75) is 39.8 Å². The minimum Gasteiger partial charge on any atom is -0.337 e. The van der Waals surface area contributed by atoms with Crippen LogP contribution in [0.5, 0.6) is 0 Å². The zero-order valence-corrected chi connectivity index (χ0v) is 15.7. The van der Waals surface area contributed by atoms with Crippen molar-refractivity contribution < 1.29 is 18.0 Å². The van der Waals surface area contributed by atoms with Gasteiger partial charge in [-0.15, -0.1) is 0 Å². The number of fused-ring (bicyclic) bond motifs is 1. The van der Waals surface area contributed by atoms with Gasteiger partial charge in [0.1, 0.15) is 5.69 Å². The third-order valence-corrected chi connectivity index (χ3v) is 5.05. The second kappa shape index (κ2) is 6.76. The quantitative estimate of drug-likeness (QED) is 0.749. The molecule has 2 atom stereocenters. The first kappa shape index (κ1) is 19.0. The Morgan fingerprint density at radius 1 is 1.31 bits per heavy atom. The first-order chi connectivity index (χ1) is 12.1. The van der Waals surface area contributed by atoms with Crippen LogP contribution in [0.1, 0.15) is 48.9 Å². The molecule has 1 saturated heterocycles. The van der Waals surface area contributed by atoms with Crippen molar-refractivity contribution in [1.82, 2.24) is 14.3 Å². The van der Waals surface area contributed by atoms with Gasteiger partial charge in [-0.2, -0.15) is 13.2 Å². The summed E-state index contributed by atoms with van der Waals surface area (Å²) in [6.07, 6.45) is -2.18. The van der Waals surface area contributed by atoms with Gasteiger partial charge in [0.2, 0.25) is 0 Å². The lowest BCUT2D eigenvalue weighted by Gasteiger charge is -2.35. The lowest BCUT2D eigenvalue weighted by molar-refractivity contribution is -0.137. The molecule has 1 aliphatic heterocycles. The molecule has 1 aliphatic rings. The molecule has 2 unspecified atom stereocenters. The van der Waals surface area contributed by atoms with E-state index >= 15 is 0 Å². The van der Waals surface area contributed by atoms with Gasteiger partial charge >= 0.3 is 6.18 Å². The van der Waals surface area contributed by atoms with Crippen LogP contribution >= 0.6 is 11.6 Å². The number of halogens is 4. The number of carbonyl (C=O) groups excluding carboxylic acids is 1. The Morgan fingerprint density at radius 3 is 2.46 bits per heavy atom. The van der Waals surface area contributed by atoms with Crippen LogP contribution in [0, 0.1) is 11.8 Å². The zero-order chi connectivity index (χ0) is 19.2. The van der Waals surface area contributed by atoms with Crippen LogP contribution in [0.4, 0.5) is 13.2 Å². The third kappa shape index (κ3) is 3.41. The van der Waals surface area contributed by atoms with Gasteiger partial charge in [0.25, 0.3) is 5.91 Å². The first-order valence-corrected chi connectivity index (χ1v) is 9.06. The van der Waals surface area contributed by atoms with Gasteiger partial charge in [0.15, 0.2) is 5.65 Å². The van der Waals surface area contributed by atoms with E-state index in [0.29, 0.717) is 37.0 Å². The van der Waals surface area contributed by atoms with E-state index in [1.165, 1.54) is 4.40 Å². The van der Waals surface area contributed by atoms with Crippen molar-refractivity contribution in [3.63, 3.8) is 0 Å². The summed E-state index contributed by atoms with van der Waals surface area (Å²) < 4.78 is 40.8. The van der Waals surface area contributed by atoms with Crippen molar-refractivity contribution in [1.29, 1.82) is 0 Å². The van der Waals surface area contributed by atoms with Gasteiger partial charge in [-0.1, -0.05) is 32.4 Å². The maximum absolute atomic E-state index is 13.2. The number of hydrogen-bond donors (Lipinski definition) is 0. The van der Waals surface area contributed by atoms with Crippen LogP contribution in [-0.2, 0) is 12.6 Å². The minimum absolute atomic E-state index is 0.117. The number of aromatic nitrogens is 2. The molecule has 2 aromatic heterocycles. The van der Waals surface area contributed by atoms with E-state index in [1.54, 1.807) is 4.90 Å². The highest BCUT2D eigenvalue weighted by atomic mass is 35.5. The largest absolute Gasteiger partial charge is 0.417 e. The highest BCUT2D eigenvalue weighted by Crippen LogP contribution is 2.33. The summed E-state index contributed by atoms with van der Waals surface area (Å²) >= 11 is 6.04. The van der Waals surface area contributed by atoms with Crippen LogP contribution in [-0.4, -0.2) is 33.3 Å². The monoisotopic (exact) mass is 387 g/mol. The van der Waals surface area contributed by atoms with Crippen molar-refractivity contribution in [3.05, 3.63) is 34.2 Å². The van der Waals surface area contributed by atoms with Crippen LogP contribution in [0.3, 0.4) is 0 Å². The molecule has 0 bridgehead atoms. The summed E-state index contributed by atoms with van der Waals surface area (Å²) in [6, 6.07) is 0.850. The molecule has 0 aromatic carbocycles. The van der Waals surface area contributed by atoms with Crippen molar-refractivity contribution in [2.24, 2.45) is 11.8 Å². The summed E-state index contributed by atoms with van der Waals surface area (Å²) in [5, 5.41) is -0.117. The number of rotatable bonds is 2. The number of nitrogens with zero attached hydrogens (tertiary/aromatic N) is 3. The fraction of sp³-hybridized carbons (Fsp3) is 0.556. The van der Waals surface area contributed by atoms with Crippen LogP contribution in [0.25, 0.3) is 5.65 Å². The Kier molecular flexibility index (Phi) is 4.94. The maximum atomic E-state index is 13.2. The lowest BCUT2D eigenvalue weighted by Crippen LogP contribution is -2.43. The molecule has 0 spiro atoms. The minimum atomic E-state index is -4.55. The molecule has 0 saturated carbocycles. The smallest absolute Gasteiger partial charge is 0.337 e. The predicted molar refractivity (Wildman–Crippen MR) is 93.4 cm³/mol. The van der Waals surface area contributed by atoms with Gasteiger partial charge in [-0.3, -0.25) is 9.20 Å². The van der Waals surface area contributed by atoms with Gasteiger partial charge in [0.05, 0.1) is 16.3 Å². The summed E-state index contributed by atoms with van der Waals surface area (Å²) in [6.45, 7) is 7.14. The number of amides is 1. The number of likely N-dealkylation sites (tertiary alicyclic amines) is 1. The van der Waals surface area contributed by atoms with E-state index in [9.17, 15) is 18.0 Å². The summed E-state index contributed by atoms with van der Waals surface area (Å²) in [5.74, 6) is 0.408. The SMILES string of the molecule is CCc1nc2c(Cl)cc(C(F)(F)F)cn2c1C(=O)N1CC(C)CC(C)C1. The normalized spacial score (nSPS) is 21.4. The van der Waals surface area contributed by atoms with Crippen molar-refractivity contribution in [2.75, 3.05) is 13.1 Å². The highest BCUT2D eigenvalue weighted by molar-refractivity contribution is 6.33. The highest BCUT2D eigenvalue weighted by Gasteiger charge is 2.34. The topological polar surface area (TPSA) is 37.6 Å². The fourth-order valence-electron chi connectivity index (χ4n) is 3.76. The standard InChI is InChI=1S/C18H21ClF3N3O/c1-4-14-15(17(26)24-7-10(2)5-11(3)8-24)25-9-12(18(20,21)22)6-13(19)16(25)23-14/h6,9-11H,4-5,7-8H2,1-3H3. The Bertz CT molecular complexity index is 836. The molecule has 8 heteroatoms. The second-order valence-electron chi connectivity index (χ2n) is 7.18. The predicted octanol–water partition coefficient (Wildman–Crippen LogP) is 4.69. The Balaban J connectivity index is 2.14. The van der Waals surface area contributed by atoms with Gasteiger partial charge < -0.3 is 4.90 Å². The van der Waals surface area contributed by atoms with E-state index in [0.717, 1.165) is 18.7 Å². The summed E-state index contributed by atoms with van der Waals surface area (Å²) in [5.41, 5.74) is -0.0821. The molecule has 142 valence electrons. The molecule has 2 aromatic rings. The average molecular weight is 388 g/mol. The molecule has 3 rings (SSSR count). The molecular weight excluding hydrogens is 367 g/mol. The third-order valence-electron chi connectivity index (χ3n) is 4.77.